The molecule has 1 saturated heterocycles. The van der Waals surface area contributed by atoms with E-state index in [1.165, 1.54) is 10.9 Å². The SMILES string of the molecule is CCC1(C(=O)O)CCCN1Cc1c[nH]c2ccccc12. The van der Waals surface area contributed by atoms with Gasteiger partial charge in [0.05, 0.1) is 0 Å². The number of aromatic nitrogens is 1. The molecule has 1 fully saturated rings. The van der Waals surface area contributed by atoms with Crippen molar-refractivity contribution < 1.29 is 9.90 Å². The van der Waals surface area contributed by atoms with Gasteiger partial charge in [-0.15, -0.1) is 0 Å². The molecule has 0 radical (unpaired) electrons. The standard InChI is InChI=1S/C16H20N2O2/c1-2-16(15(19)20)8-5-9-18(16)11-12-10-17-14-7-4-3-6-13(12)14/h3-4,6-7,10,17H,2,5,8-9,11H2,1H3,(H,19,20). The summed E-state index contributed by atoms with van der Waals surface area (Å²) < 4.78 is 0. The molecule has 2 heterocycles. The highest BCUT2D eigenvalue weighted by atomic mass is 16.4. The van der Waals surface area contributed by atoms with Crippen LogP contribution in [0.4, 0.5) is 0 Å². The molecule has 1 aromatic carbocycles. The molecular formula is C16H20N2O2. The molecule has 1 unspecified atom stereocenters. The molecule has 1 aromatic heterocycles. The number of carbonyl (C=O) groups is 1. The molecule has 3 rings (SSSR count). The van der Waals surface area contributed by atoms with Gasteiger partial charge in [0.1, 0.15) is 5.54 Å². The van der Waals surface area contributed by atoms with Gasteiger partial charge in [-0.3, -0.25) is 9.69 Å². The Kier molecular flexibility index (Phi) is 3.26. The highest BCUT2D eigenvalue weighted by Crippen LogP contribution is 2.35. The van der Waals surface area contributed by atoms with Gasteiger partial charge in [0, 0.05) is 23.6 Å². The van der Waals surface area contributed by atoms with Gasteiger partial charge in [-0.2, -0.15) is 0 Å². The van der Waals surface area contributed by atoms with E-state index in [9.17, 15) is 9.90 Å². The first kappa shape index (κ1) is 13.2. The van der Waals surface area contributed by atoms with Crippen molar-refractivity contribution in [2.45, 2.75) is 38.3 Å². The summed E-state index contributed by atoms with van der Waals surface area (Å²) >= 11 is 0. The number of para-hydroxylation sites is 1. The minimum Gasteiger partial charge on any atom is -0.480 e. The van der Waals surface area contributed by atoms with E-state index in [4.69, 9.17) is 0 Å². The number of likely N-dealkylation sites (tertiary alicyclic amines) is 1. The third-order valence-corrected chi connectivity index (χ3v) is 4.64. The number of carboxylic acids is 1. The number of hydrogen-bond donors (Lipinski definition) is 2. The lowest BCUT2D eigenvalue weighted by Gasteiger charge is -2.33. The maximum Gasteiger partial charge on any atom is 0.324 e. The number of nitrogens with zero attached hydrogens (tertiary/aromatic N) is 1. The Morgan fingerprint density at radius 2 is 2.25 bits per heavy atom. The number of fused-ring (bicyclic) bond motifs is 1. The molecule has 0 saturated carbocycles. The zero-order valence-corrected chi connectivity index (χ0v) is 11.7. The van der Waals surface area contributed by atoms with Crippen molar-refractivity contribution in [1.82, 2.24) is 9.88 Å². The van der Waals surface area contributed by atoms with Gasteiger partial charge >= 0.3 is 5.97 Å². The van der Waals surface area contributed by atoms with Crippen LogP contribution >= 0.6 is 0 Å². The van der Waals surface area contributed by atoms with Crippen molar-refractivity contribution in [3.63, 3.8) is 0 Å². The third-order valence-electron chi connectivity index (χ3n) is 4.64. The first-order valence-corrected chi connectivity index (χ1v) is 7.21. The first-order chi connectivity index (χ1) is 9.67. The fourth-order valence-electron chi connectivity index (χ4n) is 3.43. The lowest BCUT2D eigenvalue weighted by atomic mass is 9.92. The van der Waals surface area contributed by atoms with Crippen molar-refractivity contribution in [3.05, 3.63) is 36.0 Å². The Morgan fingerprint density at radius 3 is 3.00 bits per heavy atom. The molecule has 20 heavy (non-hydrogen) atoms. The van der Waals surface area contributed by atoms with E-state index in [1.54, 1.807) is 0 Å². The highest BCUT2D eigenvalue weighted by molar-refractivity contribution is 5.83. The summed E-state index contributed by atoms with van der Waals surface area (Å²) in [7, 11) is 0. The molecule has 1 aliphatic heterocycles. The monoisotopic (exact) mass is 272 g/mol. The fraction of sp³-hybridized carbons (Fsp3) is 0.438. The molecule has 0 amide bonds. The summed E-state index contributed by atoms with van der Waals surface area (Å²) in [6.07, 6.45) is 4.37. The first-order valence-electron chi connectivity index (χ1n) is 7.21. The molecule has 2 aromatic rings. The average Bonchev–Trinajstić information content (AvgIpc) is 3.05. The molecule has 4 nitrogen and oxygen atoms in total. The largest absolute Gasteiger partial charge is 0.480 e. The van der Waals surface area contributed by atoms with E-state index in [0.29, 0.717) is 13.0 Å². The van der Waals surface area contributed by atoms with Crippen LogP contribution in [0.15, 0.2) is 30.5 Å². The molecule has 0 bridgehead atoms. The maximum absolute atomic E-state index is 11.7. The van der Waals surface area contributed by atoms with Crippen LogP contribution in [0.2, 0.25) is 0 Å². The minimum atomic E-state index is -0.683. The van der Waals surface area contributed by atoms with Crippen LogP contribution in [-0.4, -0.2) is 33.0 Å². The summed E-state index contributed by atoms with van der Waals surface area (Å²) in [6.45, 7) is 3.53. The quantitative estimate of drug-likeness (QED) is 0.899. The van der Waals surface area contributed by atoms with E-state index < -0.39 is 11.5 Å². The lowest BCUT2D eigenvalue weighted by molar-refractivity contribution is -0.150. The number of nitrogens with one attached hydrogen (secondary N) is 1. The van der Waals surface area contributed by atoms with Crippen LogP contribution in [0.1, 0.15) is 31.7 Å². The fourth-order valence-corrected chi connectivity index (χ4v) is 3.43. The van der Waals surface area contributed by atoms with Crippen LogP contribution in [-0.2, 0) is 11.3 Å². The summed E-state index contributed by atoms with van der Waals surface area (Å²) in [6, 6.07) is 8.17. The molecule has 4 heteroatoms. The Bertz CT molecular complexity index is 634. The third kappa shape index (κ3) is 1.91. The van der Waals surface area contributed by atoms with Gasteiger partial charge < -0.3 is 10.1 Å². The van der Waals surface area contributed by atoms with Gasteiger partial charge in [0.2, 0.25) is 0 Å². The number of H-pyrrole nitrogens is 1. The van der Waals surface area contributed by atoms with Gasteiger partial charge in [-0.1, -0.05) is 25.1 Å². The number of aromatic amines is 1. The van der Waals surface area contributed by atoms with Gasteiger partial charge in [0.25, 0.3) is 0 Å². The van der Waals surface area contributed by atoms with E-state index in [2.05, 4.69) is 16.0 Å². The van der Waals surface area contributed by atoms with Crippen LogP contribution in [0.25, 0.3) is 10.9 Å². The van der Waals surface area contributed by atoms with E-state index in [0.717, 1.165) is 24.9 Å². The smallest absolute Gasteiger partial charge is 0.324 e. The van der Waals surface area contributed by atoms with Crippen LogP contribution in [0.3, 0.4) is 0 Å². The zero-order valence-electron chi connectivity index (χ0n) is 11.7. The summed E-state index contributed by atoms with van der Waals surface area (Å²) in [5.41, 5.74) is 1.61. The normalized spacial score (nSPS) is 23.4. The molecule has 0 aliphatic carbocycles. The average molecular weight is 272 g/mol. The number of benzene rings is 1. The summed E-state index contributed by atoms with van der Waals surface area (Å²) in [5.74, 6) is -0.683. The highest BCUT2D eigenvalue weighted by Gasteiger charge is 2.46. The number of hydrogen-bond acceptors (Lipinski definition) is 2. The summed E-state index contributed by atoms with van der Waals surface area (Å²) in [5, 5.41) is 10.8. The van der Waals surface area contributed by atoms with Crippen molar-refractivity contribution >= 4 is 16.9 Å². The summed E-state index contributed by atoms with van der Waals surface area (Å²) in [4.78, 5) is 17.1. The molecule has 106 valence electrons. The van der Waals surface area contributed by atoms with Crippen molar-refractivity contribution in [3.8, 4) is 0 Å². The van der Waals surface area contributed by atoms with E-state index >= 15 is 0 Å². The predicted molar refractivity (Wildman–Crippen MR) is 78.6 cm³/mol. The van der Waals surface area contributed by atoms with Crippen LogP contribution in [0.5, 0.6) is 0 Å². The van der Waals surface area contributed by atoms with Crippen molar-refractivity contribution in [1.29, 1.82) is 0 Å². The molecular weight excluding hydrogens is 252 g/mol. The molecule has 1 atom stereocenters. The Hall–Kier alpha value is -1.81. The Morgan fingerprint density at radius 1 is 1.45 bits per heavy atom. The van der Waals surface area contributed by atoms with Crippen LogP contribution < -0.4 is 0 Å². The lowest BCUT2D eigenvalue weighted by Crippen LogP contribution is -2.49. The maximum atomic E-state index is 11.7. The Labute approximate surface area is 118 Å². The second kappa shape index (κ2) is 4.94. The predicted octanol–water partition coefficient (Wildman–Crippen LogP) is 3.00. The van der Waals surface area contributed by atoms with Gasteiger partial charge in [-0.05, 0) is 37.4 Å². The molecule has 0 spiro atoms. The molecule has 1 aliphatic rings. The molecule has 2 N–H and O–H groups in total. The van der Waals surface area contributed by atoms with Crippen LogP contribution in [0, 0.1) is 0 Å². The van der Waals surface area contributed by atoms with Crippen molar-refractivity contribution in [2.75, 3.05) is 6.54 Å². The number of carboxylic acid groups (broad SMARTS) is 1. The van der Waals surface area contributed by atoms with Crippen molar-refractivity contribution in [2.24, 2.45) is 0 Å². The number of aliphatic carboxylic acids is 1. The van der Waals surface area contributed by atoms with Gasteiger partial charge in [0.15, 0.2) is 0 Å². The zero-order chi connectivity index (χ0) is 14.2. The van der Waals surface area contributed by atoms with E-state index in [-0.39, 0.29) is 0 Å². The van der Waals surface area contributed by atoms with Gasteiger partial charge in [-0.25, -0.2) is 0 Å². The second-order valence-electron chi connectivity index (χ2n) is 5.57. The second-order valence-corrected chi connectivity index (χ2v) is 5.57. The Balaban J connectivity index is 1.92. The minimum absolute atomic E-state index is 0.657. The topological polar surface area (TPSA) is 56.3 Å². The number of rotatable bonds is 4. The van der Waals surface area contributed by atoms with E-state index in [1.807, 2.05) is 31.3 Å².